The number of carbonyl (C=O) groups excluding carboxylic acids is 2. The molecule has 0 aliphatic carbocycles. The van der Waals surface area contributed by atoms with E-state index >= 15 is 0 Å². The monoisotopic (exact) mass is 231 g/mol. The molecule has 1 aliphatic heterocycles. The molecule has 16 heavy (non-hydrogen) atoms. The number of hydrogen-bond acceptors (Lipinski definition) is 4. The zero-order chi connectivity index (χ0) is 12.7. The van der Waals surface area contributed by atoms with Crippen LogP contribution in [-0.2, 0) is 9.59 Å². The van der Waals surface area contributed by atoms with Crippen molar-refractivity contribution in [1.82, 2.24) is 10.6 Å². The van der Waals surface area contributed by atoms with Gasteiger partial charge in [-0.15, -0.1) is 0 Å². The van der Waals surface area contributed by atoms with Crippen molar-refractivity contribution in [1.29, 1.82) is 0 Å². The van der Waals surface area contributed by atoms with E-state index in [4.69, 9.17) is 10.8 Å². The van der Waals surface area contributed by atoms with Crippen LogP contribution in [0.25, 0.3) is 0 Å². The van der Waals surface area contributed by atoms with Gasteiger partial charge < -0.3 is 16.2 Å². The molecule has 0 aromatic rings. The Morgan fingerprint density at radius 1 is 1.56 bits per heavy atom. The van der Waals surface area contributed by atoms with Gasteiger partial charge in [-0.25, -0.2) is 4.79 Å². The fourth-order valence-corrected chi connectivity index (χ4v) is 0.873. The molecule has 7 heteroatoms. The average Bonchev–Trinajstić information content (AvgIpc) is 2.61. The first-order chi connectivity index (χ1) is 7.38. The fourth-order valence-electron chi connectivity index (χ4n) is 0.873. The van der Waals surface area contributed by atoms with Gasteiger partial charge in [0.15, 0.2) is 0 Å². The minimum Gasteiger partial charge on any atom is -0.480 e. The molecule has 1 rings (SSSR count). The summed E-state index contributed by atoms with van der Waals surface area (Å²) in [7, 11) is 0. The Morgan fingerprint density at radius 3 is 2.25 bits per heavy atom. The third-order valence-corrected chi connectivity index (χ3v) is 2.20. The van der Waals surface area contributed by atoms with Gasteiger partial charge >= 0.3 is 12.0 Å². The van der Waals surface area contributed by atoms with E-state index in [1.807, 2.05) is 19.2 Å². The lowest BCUT2D eigenvalue weighted by molar-refractivity contribution is -0.139. The maximum Gasteiger partial charge on any atom is 0.321 e. The van der Waals surface area contributed by atoms with Gasteiger partial charge in [0, 0.05) is 0 Å². The van der Waals surface area contributed by atoms with Crippen LogP contribution in [-0.4, -0.2) is 35.6 Å². The molecule has 3 amide bonds. The second-order valence-electron chi connectivity index (χ2n) is 3.48. The van der Waals surface area contributed by atoms with Crippen molar-refractivity contribution >= 4 is 17.9 Å². The maximum absolute atomic E-state index is 10.2. The van der Waals surface area contributed by atoms with E-state index in [0.29, 0.717) is 0 Å². The molecule has 0 radical (unpaired) electrons. The highest BCUT2D eigenvalue weighted by atomic mass is 16.4. The van der Waals surface area contributed by atoms with E-state index in [9.17, 15) is 14.4 Å². The second-order valence-corrected chi connectivity index (χ2v) is 3.48. The molecule has 1 unspecified atom stereocenters. The van der Waals surface area contributed by atoms with Gasteiger partial charge in [0.1, 0.15) is 6.04 Å². The van der Waals surface area contributed by atoms with E-state index in [-0.39, 0.29) is 18.4 Å². The smallest absolute Gasteiger partial charge is 0.321 e. The average molecular weight is 231 g/mol. The number of carbonyl (C=O) groups is 3. The predicted molar refractivity (Wildman–Crippen MR) is 56.6 cm³/mol. The number of nitrogens with two attached hydrogens (primary N) is 1. The summed E-state index contributed by atoms with van der Waals surface area (Å²) in [6.45, 7) is 3.88. The summed E-state index contributed by atoms with van der Waals surface area (Å²) in [5.41, 5.74) is 5.27. The molecule has 7 nitrogen and oxygen atoms in total. The second kappa shape index (κ2) is 6.78. The summed E-state index contributed by atoms with van der Waals surface area (Å²) in [6.07, 6.45) is 0.813. The molecule has 0 spiro atoms. The lowest BCUT2D eigenvalue weighted by Gasteiger charge is -2.11. The van der Waals surface area contributed by atoms with Crippen molar-refractivity contribution in [3.8, 4) is 0 Å². The van der Waals surface area contributed by atoms with Crippen LogP contribution in [0.5, 0.6) is 0 Å². The van der Waals surface area contributed by atoms with Gasteiger partial charge in [0.2, 0.25) is 5.91 Å². The molecule has 0 bridgehead atoms. The van der Waals surface area contributed by atoms with Crippen LogP contribution in [0.15, 0.2) is 0 Å². The molecule has 1 fully saturated rings. The Hall–Kier alpha value is -1.63. The number of carboxylic acid groups (broad SMARTS) is 1. The molecule has 5 N–H and O–H groups in total. The Bertz CT molecular complexity index is 266. The number of imide groups is 1. The van der Waals surface area contributed by atoms with Crippen LogP contribution in [0, 0.1) is 5.92 Å². The van der Waals surface area contributed by atoms with Gasteiger partial charge in [-0.3, -0.25) is 14.9 Å². The highest BCUT2D eigenvalue weighted by Gasteiger charge is 2.17. The van der Waals surface area contributed by atoms with E-state index in [2.05, 4.69) is 5.32 Å². The number of hydrogen-bond donors (Lipinski definition) is 4. The van der Waals surface area contributed by atoms with Gasteiger partial charge in [0.25, 0.3) is 0 Å². The van der Waals surface area contributed by atoms with E-state index in [1.54, 1.807) is 0 Å². The largest absolute Gasteiger partial charge is 0.480 e. The first kappa shape index (κ1) is 14.4. The molecule has 1 heterocycles. The lowest BCUT2D eigenvalue weighted by atomic mass is 10.0. The van der Waals surface area contributed by atoms with Crippen molar-refractivity contribution in [3.63, 3.8) is 0 Å². The van der Waals surface area contributed by atoms with Gasteiger partial charge in [0.05, 0.1) is 6.54 Å². The molecule has 1 aliphatic rings. The van der Waals surface area contributed by atoms with Crippen LogP contribution in [0.2, 0.25) is 0 Å². The minimum absolute atomic E-state index is 0.0718. The van der Waals surface area contributed by atoms with Crippen molar-refractivity contribution in [2.75, 3.05) is 6.54 Å². The zero-order valence-electron chi connectivity index (χ0n) is 9.32. The highest BCUT2D eigenvalue weighted by Crippen LogP contribution is 2.04. The molecule has 1 saturated heterocycles. The quantitative estimate of drug-likeness (QED) is 0.477. The molecule has 0 saturated carbocycles. The van der Waals surface area contributed by atoms with Crippen LogP contribution in [0.4, 0.5) is 4.79 Å². The summed E-state index contributed by atoms with van der Waals surface area (Å²) >= 11 is 0. The topological polar surface area (TPSA) is 122 Å². The number of rotatable bonds is 3. The normalized spacial score (nSPS) is 17.7. The zero-order valence-corrected chi connectivity index (χ0v) is 9.32. The Labute approximate surface area is 93.4 Å². The molecule has 2 atom stereocenters. The van der Waals surface area contributed by atoms with Gasteiger partial charge in [-0.1, -0.05) is 20.3 Å². The first-order valence-electron chi connectivity index (χ1n) is 4.94. The van der Waals surface area contributed by atoms with Crippen molar-refractivity contribution in [3.05, 3.63) is 0 Å². The number of nitrogens with one attached hydrogen (secondary N) is 2. The third-order valence-electron chi connectivity index (χ3n) is 2.20. The lowest BCUT2D eigenvalue weighted by Crippen LogP contribution is -2.36. The summed E-state index contributed by atoms with van der Waals surface area (Å²) in [5, 5.41) is 12.7. The first-order valence-corrected chi connectivity index (χ1v) is 4.94. The van der Waals surface area contributed by atoms with Crippen molar-refractivity contribution < 1.29 is 19.5 Å². The summed E-state index contributed by atoms with van der Waals surface area (Å²) in [4.78, 5) is 30.2. The fraction of sp³-hybridized carbons (Fsp3) is 0.667. The molecule has 0 aromatic carbocycles. The maximum atomic E-state index is 10.2. The molecule has 0 aromatic heterocycles. The number of aliphatic carboxylic acids is 1. The van der Waals surface area contributed by atoms with Crippen LogP contribution in [0.1, 0.15) is 20.3 Å². The van der Waals surface area contributed by atoms with Crippen LogP contribution in [0.3, 0.4) is 0 Å². The Morgan fingerprint density at radius 2 is 2.12 bits per heavy atom. The summed E-state index contributed by atoms with van der Waals surface area (Å²) in [6, 6.07) is -1.10. The summed E-state index contributed by atoms with van der Waals surface area (Å²) < 4.78 is 0. The number of carboxylic acids is 1. The number of urea groups is 1. The minimum atomic E-state index is -0.913. The predicted octanol–water partition coefficient (Wildman–Crippen LogP) is -0.730. The van der Waals surface area contributed by atoms with Crippen LogP contribution >= 0.6 is 0 Å². The van der Waals surface area contributed by atoms with E-state index in [1.165, 1.54) is 0 Å². The molecular weight excluding hydrogens is 214 g/mol. The Balaban J connectivity index is 0.000000288. The molecule has 92 valence electrons. The summed E-state index contributed by atoms with van der Waals surface area (Å²) in [5.74, 6) is -1.10. The van der Waals surface area contributed by atoms with Crippen molar-refractivity contribution in [2.24, 2.45) is 11.7 Å². The highest BCUT2D eigenvalue weighted by molar-refractivity contribution is 6.01. The number of amides is 3. The standard InChI is InChI=1S/C6H13NO2.C3H4N2O2/c1-3-4(2)5(7)6(8)9;6-2-1-4-3(7)5-2/h4-5H,3,7H2,1-2H3,(H,8,9);1H2,(H2,4,5,6,7)/t4?,5-;/m0./s1. The Kier molecular flexibility index (Phi) is 6.09. The SMILES string of the molecule is CCC(C)[C@H](N)C(=O)O.O=C1CNC(=O)N1. The van der Waals surface area contributed by atoms with E-state index < -0.39 is 18.0 Å². The van der Waals surface area contributed by atoms with Gasteiger partial charge in [-0.05, 0) is 5.92 Å². The van der Waals surface area contributed by atoms with Gasteiger partial charge in [-0.2, -0.15) is 0 Å². The third kappa shape index (κ3) is 5.30. The van der Waals surface area contributed by atoms with Crippen molar-refractivity contribution in [2.45, 2.75) is 26.3 Å². The molecular formula is C9H17N3O4. The van der Waals surface area contributed by atoms with Crippen LogP contribution < -0.4 is 16.4 Å². The van der Waals surface area contributed by atoms with E-state index in [0.717, 1.165) is 6.42 Å².